The summed E-state index contributed by atoms with van der Waals surface area (Å²) in [7, 11) is 0. The van der Waals surface area contributed by atoms with E-state index in [2.05, 4.69) is 53.7 Å². The zero-order valence-corrected chi connectivity index (χ0v) is 24.6. The highest BCUT2D eigenvalue weighted by Gasteiger charge is 2.59. The maximum Gasteiger partial charge on any atom is 0.142 e. The lowest BCUT2D eigenvalue weighted by atomic mass is 9.72. The molecule has 6 N–H and O–H groups in total. The summed E-state index contributed by atoms with van der Waals surface area (Å²) in [5.74, 6) is 2.57. The van der Waals surface area contributed by atoms with E-state index in [1.54, 1.807) is 36.4 Å². The van der Waals surface area contributed by atoms with E-state index >= 15 is 0 Å². The summed E-state index contributed by atoms with van der Waals surface area (Å²) in [6.07, 6.45) is 1.76. The third-order valence-electron chi connectivity index (χ3n) is 9.01. The summed E-state index contributed by atoms with van der Waals surface area (Å²) in [4.78, 5) is 0. The Morgan fingerprint density at radius 3 is 1.34 bits per heavy atom. The molecule has 212 valence electrons. The second-order valence-corrected chi connectivity index (χ2v) is 13.1. The molecule has 2 aliphatic carbocycles. The van der Waals surface area contributed by atoms with Crippen molar-refractivity contribution in [2.24, 2.45) is 0 Å². The van der Waals surface area contributed by atoms with Gasteiger partial charge in [-0.15, -0.1) is 0 Å². The molecule has 4 aromatic rings. The predicted octanol–water partition coefficient (Wildman–Crippen LogP) is 8.11. The van der Waals surface area contributed by atoms with E-state index in [1.807, 2.05) is 12.1 Å². The number of anilines is 2. The van der Waals surface area contributed by atoms with Crippen molar-refractivity contribution in [3.05, 3.63) is 94.0 Å². The van der Waals surface area contributed by atoms with Crippen molar-refractivity contribution in [2.45, 2.75) is 70.6 Å². The third kappa shape index (κ3) is 4.07. The number of nitrogen functional groups attached to an aromatic ring is 2. The van der Waals surface area contributed by atoms with Crippen LogP contribution in [0.5, 0.6) is 34.5 Å². The van der Waals surface area contributed by atoms with Gasteiger partial charge in [0.05, 0.1) is 11.4 Å². The van der Waals surface area contributed by atoms with E-state index in [1.165, 1.54) is 33.4 Å². The molecule has 0 aliphatic heterocycles. The molecule has 41 heavy (non-hydrogen) atoms. The molecular formula is C35H38N2O4. The zero-order chi connectivity index (χ0) is 29.5. The number of phenolic OH excluding ortho intramolecular Hbond substituents is 2. The molecule has 6 nitrogen and oxygen atoms in total. The van der Waals surface area contributed by atoms with Gasteiger partial charge < -0.3 is 31.2 Å². The molecule has 0 heterocycles. The average molecular weight is 551 g/mol. The van der Waals surface area contributed by atoms with E-state index in [-0.39, 0.29) is 22.3 Å². The van der Waals surface area contributed by atoms with E-state index < -0.39 is 5.41 Å². The monoisotopic (exact) mass is 550 g/mol. The van der Waals surface area contributed by atoms with Crippen LogP contribution < -0.4 is 20.9 Å². The zero-order valence-electron chi connectivity index (χ0n) is 24.6. The fourth-order valence-corrected chi connectivity index (χ4v) is 7.89. The molecule has 0 unspecified atom stereocenters. The molecule has 0 amide bonds. The van der Waals surface area contributed by atoms with Gasteiger partial charge in [0.2, 0.25) is 0 Å². The molecule has 1 spiro atoms. The second-order valence-electron chi connectivity index (χ2n) is 13.1. The molecule has 0 fully saturated rings. The van der Waals surface area contributed by atoms with Gasteiger partial charge in [-0.2, -0.15) is 0 Å². The van der Waals surface area contributed by atoms with Gasteiger partial charge in [-0.25, -0.2) is 0 Å². The summed E-state index contributed by atoms with van der Waals surface area (Å²) in [6, 6.07) is 18.3. The Kier molecular flexibility index (Phi) is 5.79. The maximum absolute atomic E-state index is 10.3. The molecule has 0 atom stereocenters. The fraction of sp³-hybridized carbons (Fsp3) is 0.314. The number of hydrogen-bond acceptors (Lipinski definition) is 6. The van der Waals surface area contributed by atoms with Gasteiger partial charge in [0.1, 0.15) is 34.5 Å². The number of fused-ring (bicyclic) bond motifs is 4. The first-order valence-corrected chi connectivity index (χ1v) is 14.1. The summed E-state index contributed by atoms with van der Waals surface area (Å²) < 4.78 is 13.2. The molecule has 6 heteroatoms. The number of ether oxygens (including phenoxy) is 2. The van der Waals surface area contributed by atoms with Crippen LogP contribution >= 0.6 is 0 Å². The van der Waals surface area contributed by atoms with Crippen LogP contribution in [0.3, 0.4) is 0 Å². The van der Waals surface area contributed by atoms with Gasteiger partial charge in [-0.3, -0.25) is 0 Å². The van der Waals surface area contributed by atoms with Gasteiger partial charge in [0.15, 0.2) is 0 Å². The normalized spacial score (nSPS) is 17.3. The van der Waals surface area contributed by atoms with E-state index in [0.717, 1.165) is 24.3 Å². The number of hydrogen-bond donors (Lipinski definition) is 4. The highest BCUT2D eigenvalue weighted by Crippen LogP contribution is 2.67. The largest absolute Gasteiger partial charge is 0.506 e. The minimum Gasteiger partial charge on any atom is -0.506 e. The molecule has 0 aromatic heterocycles. The lowest BCUT2D eigenvalue weighted by Crippen LogP contribution is -2.27. The van der Waals surface area contributed by atoms with Crippen LogP contribution in [0.25, 0.3) is 0 Å². The van der Waals surface area contributed by atoms with Gasteiger partial charge in [0.25, 0.3) is 0 Å². The van der Waals surface area contributed by atoms with Crippen LogP contribution in [0, 0.1) is 13.8 Å². The highest BCUT2D eigenvalue weighted by molar-refractivity contribution is 5.70. The molecule has 4 aromatic carbocycles. The molecule has 6 rings (SSSR count). The number of aromatic hydroxyl groups is 2. The lowest BCUT2D eigenvalue weighted by molar-refractivity contribution is 0.338. The molecule has 0 saturated heterocycles. The minimum atomic E-state index is -0.397. The summed E-state index contributed by atoms with van der Waals surface area (Å²) in [5, 5.41) is 20.6. The summed E-state index contributed by atoms with van der Waals surface area (Å²) in [6.45, 7) is 13.6. The van der Waals surface area contributed by atoms with Crippen LogP contribution in [0.4, 0.5) is 11.4 Å². The van der Waals surface area contributed by atoms with Crippen molar-refractivity contribution in [3.63, 3.8) is 0 Å². The first-order chi connectivity index (χ1) is 19.2. The Bertz CT molecular complexity index is 1590. The van der Waals surface area contributed by atoms with Gasteiger partial charge in [-0.05, 0) is 96.2 Å². The van der Waals surface area contributed by atoms with Crippen molar-refractivity contribution >= 4 is 11.4 Å². The van der Waals surface area contributed by atoms with Crippen LogP contribution in [0.15, 0.2) is 60.7 Å². The third-order valence-corrected chi connectivity index (χ3v) is 9.01. The van der Waals surface area contributed by atoms with E-state index in [0.29, 0.717) is 22.9 Å². The van der Waals surface area contributed by atoms with Crippen molar-refractivity contribution in [1.82, 2.24) is 0 Å². The predicted molar refractivity (Wildman–Crippen MR) is 164 cm³/mol. The quantitative estimate of drug-likeness (QED) is 0.151. The maximum atomic E-state index is 10.3. The molecular weight excluding hydrogens is 512 g/mol. The van der Waals surface area contributed by atoms with E-state index in [9.17, 15) is 10.2 Å². The van der Waals surface area contributed by atoms with E-state index in [4.69, 9.17) is 20.9 Å². The number of nitrogens with two attached hydrogens (primary N) is 2. The van der Waals surface area contributed by atoms with Crippen molar-refractivity contribution in [3.8, 4) is 34.5 Å². The SMILES string of the molecule is Cc1ccc(Oc2ccc(N)c(O)c2)c2c1C(C)(C)CC21CC(C)(C)c2c(C)ccc(Oc3ccc(N)c(O)c3)c21. The minimum absolute atomic E-state index is 0.00768. The van der Waals surface area contributed by atoms with Crippen molar-refractivity contribution < 1.29 is 19.7 Å². The standard InChI is InChI=1S/C35H38N2O4/c1-19-7-13-27(40-21-9-11-23(36)25(38)15-21)31-29(19)33(3,4)17-35(31)18-34(5,6)30-20(2)8-14-28(32(30)35)41-22-10-12-24(37)26(39)16-22/h7-16,38-39H,17-18,36-37H2,1-6H3. The number of benzene rings is 4. The molecule has 0 bridgehead atoms. The second kappa shape index (κ2) is 8.84. The number of phenols is 2. The Morgan fingerprint density at radius 1 is 0.585 bits per heavy atom. The molecule has 0 radical (unpaired) electrons. The van der Waals surface area contributed by atoms with Crippen molar-refractivity contribution in [2.75, 3.05) is 11.5 Å². The first-order valence-electron chi connectivity index (χ1n) is 14.1. The van der Waals surface area contributed by atoms with Crippen LogP contribution in [-0.2, 0) is 16.2 Å². The van der Waals surface area contributed by atoms with Crippen LogP contribution in [0.1, 0.15) is 73.9 Å². The molecule has 0 saturated carbocycles. The van der Waals surface area contributed by atoms with Gasteiger partial charge in [0, 0.05) is 28.7 Å². The topological polar surface area (TPSA) is 111 Å². The number of aryl methyl sites for hydroxylation is 2. The summed E-state index contributed by atoms with van der Waals surface area (Å²) in [5.41, 5.74) is 19.0. The molecule has 2 aliphatic rings. The Hall–Kier alpha value is -4.32. The van der Waals surface area contributed by atoms with Gasteiger partial charge >= 0.3 is 0 Å². The smallest absolute Gasteiger partial charge is 0.142 e. The Labute approximate surface area is 241 Å². The van der Waals surface area contributed by atoms with Crippen LogP contribution in [0.2, 0.25) is 0 Å². The first kappa shape index (κ1) is 26.9. The summed E-state index contributed by atoms with van der Waals surface area (Å²) >= 11 is 0. The fourth-order valence-electron chi connectivity index (χ4n) is 7.89. The Balaban J connectivity index is 1.61. The van der Waals surface area contributed by atoms with Crippen molar-refractivity contribution in [1.29, 1.82) is 0 Å². The Morgan fingerprint density at radius 2 is 0.976 bits per heavy atom. The van der Waals surface area contributed by atoms with Crippen LogP contribution in [-0.4, -0.2) is 10.2 Å². The average Bonchev–Trinajstić information content (AvgIpc) is 3.28. The van der Waals surface area contributed by atoms with Gasteiger partial charge in [-0.1, -0.05) is 39.8 Å². The number of rotatable bonds is 4. The lowest BCUT2D eigenvalue weighted by Gasteiger charge is -2.32. The highest BCUT2D eigenvalue weighted by atomic mass is 16.5.